The molecule has 0 atom stereocenters. The Morgan fingerprint density at radius 1 is 1.59 bits per heavy atom. The third-order valence-corrected chi connectivity index (χ3v) is 5.16. The Balaban J connectivity index is 1.71. The molecule has 1 aromatic rings. The molecule has 2 rings (SSSR count). The van der Waals surface area contributed by atoms with Gasteiger partial charge in [0.15, 0.2) is 0 Å². The summed E-state index contributed by atoms with van der Waals surface area (Å²) in [5, 5.41) is 14.5. The maximum absolute atomic E-state index is 11.1. The Labute approximate surface area is 113 Å². The Morgan fingerprint density at radius 2 is 2.35 bits per heavy atom. The highest BCUT2D eigenvalue weighted by atomic mass is 79.9. The van der Waals surface area contributed by atoms with Gasteiger partial charge in [0.2, 0.25) is 0 Å². The van der Waals surface area contributed by atoms with Crippen LogP contribution in [0.5, 0.6) is 0 Å². The van der Waals surface area contributed by atoms with Crippen molar-refractivity contribution < 1.29 is 9.90 Å². The highest BCUT2D eigenvalue weighted by Crippen LogP contribution is 2.40. The van der Waals surface area contributed by atoms with Crippen molar-refractivity contribution in [3.63, 3.8) is 0 Å². The number of rotatable bonds is 6. The van der Waals surface area contributed by atoms with Crippen molar-refractivity contribution in [2.75, 3.05) is 13.1 Å². The van der Waals surface area contributed by atoms with Crippen molar-refractivity contribution in [3.05, 3.63) is 20.8 Å². The van der Waals surface area contributed by atoms with Crippen molar-refractivity contribution >= 4 is 33.2 Å². The van der Waals surface area contributed by atoms with Gasteiger partial charge in [0, 0.05) is 21.3 Å². The zero-order valence-corrected chi connectivity index (χ0v) is 11.9. The summed E-state index contributed by atoms with van der Waals surface area (Å²) >= 11 is 5.15. The SMILES string of the molecule is O=C(O)C1(CNCCc2cc(Br)cs2)CCC1. The minimum Gasteiger partial charge on any atom is -0.481 e. The van der Waals surface area contributed by atoms with Crippen molar-refractivity contribution in [2.45, 2.75) is 25.7 Å². The van der Waals surface area contributed by atoms with E-state index in [2.05, 4.69) is 32.7 Å². The molecule has 0 aromatic carbocycles. The number of carbonyl (C=O) groups is 1. The molecule has 0 radical (unpaired) electrons. The van der Waals surface area contributed by atoms with E-state index in [4.69, 9.17) is 5.11 Å². The summed E-state index contributed by atoms with van der Waals surface area (Å²) in [6.45, 7) is 1.46. The van der Waals surface area contributed by atoms with Gasteiger partial charge in [0.1, 0.15) is 0 Å². The summed E-state index contributed by atoms with van der Waals surface area (Å²) in [6, 6.07) is 2.11. The highest BCUT2D eigenvalue weighted by molar-refractivity contribution is 9.10. The molecule has 1 saturated carbocycles. The molecule has 1 heterocycles. The highest BCUT2D eigenvalue weighted by Gasteiger charge is 2.43. The first-order valence-corrected chi connectivity index (χ1v) is 7.47. The number of hydrogen-bond donors (Lipinski definition) is 2. The van der Waals surface area contributed by atoms with Crippen LogP contribution in [0, 0.1) is 5.41 Å². The van der Waals surface area contributed by atoms with E-state index in [1.807, 2.05) is 0 Å². The lowest BCUT2D eigenvalue weighted by atomic mass is 9.69. The van der Waals surface area contributed by atoms with Crippen molar-refractivity contribution in [1.29, 1.82) is 0 Å². The predicted molar refractivity (Wildman–Crippen MR) is 72.5 cm³/mol. The molecule has 0 spiro atoms. The lowest BCUT2D eigenvalue weighted by molar-refractivity contribution is -0.154. The average molecular weight is 318 g/mol. The molecule has 0 unspecified atom stereocenters. The standard InChI is InChI=1S/C12H16BrNO2S/c13-9-6-10(17-7-9)2-5-14-8-12(11(15)16)3-1-4-12/h6-7,14H,1-5,8H2,(H,15,16). The van der Waals surface area contributed by atoms with Gasteiger partial charge in [0.05, 0.1) is 5.41 Å². The third kappa shape index (κ3) is 3.09. The Hall–Kier alpha value is -0.390. The molecule has 0 saturated heterocycles. The number of halogens is 1. The van der Waals surface area contributed by atoms with Gasteiger partial charge < -0.3 is 10.4 Å². The van der Waals surface area contributed by atoms with Gasteiger partial charge in [-0.15, -0.1) is 11.3 Å². The quantitative estimate of drug-likeness (QED) is 0.793. The molecule has 2 N–H and O–H groups in total. The molecule has 94 valence electrons. The van der Waals surface area contributed by atoms with Crippen molar-refractivity contribution in [2.24, 2.45) is 5.41 Å². The first-order chi connectivity index (χ1) is 8.12. The van der Waals surface area contributed by atoms with Crippen LogP contribution in [0.4, 0.5) is 0 Å². The maximum Gasteiger partial charge on any atom is 0.310 e. The normalized spacial score (nSPS) is 17.7. The molecule has 1 aliphatic carbocycles. The van der Waals surface area contributed by atoms with Gasteiger partial charge in [-0.3, -0.25) is 4.79 Å². The molecular formula is C12H16BrNO2S. The Kier molecular flexibility index (Phi) is 4.22. The first-order valence-electron chi connectivity index (χ1n) is 5.79. The topological polar surface area (TPSA) is 49.3 Å². The summed E-state index contributed by atoms with van der Waals surface area (Å²) in [5.41, 5.74) is -0.476. The molecule has 1 aliphatic rings. The van der Waals surface area contributed by atoms with Gasteiger partial charge in [-0.1, -0.05) is 6.42 Å². The molecule has 5 heteroatoms. The summed E-state index contributed by atoms with van der Waals surface area (Å²) in [4.78, 5) is 12.4. The van der Waals surface area contributed by atoms with E-state index in [0.29, 0.717) is 6.54 Å². The van der Waals surface area contributed by atoms with Crippen LogP contribution >= 0.6 is 27.3 Å². The lowest BCUT2D eigenvalue weighted by Gasteiger charge is -2.37. The zero-order chi connectivity index (χ0) is 12.3. The van der Waals surface area contributed by atoms with Crippen molar-refractivity contribution in [3.8, 4) is 0 Å². The molecule has 17 heavy (non-hydrogen) atoms. The Bertz CT molecular complexity index is 401. The number of aliphatic carboxylic acids is 1. The largest absolute Gasteiger partial charge is 0.481 e. The molecule has 0 bridgehead atoms. The first kappa shape index (κ1) is 13.1. The van der Waals surface area contributed by atoms with E-state index in [1.54, 1.807) is 11.3 Å². The number of hydrogen-bond acceptors (Lipinski definition) is 3. The minimum atomic E-state index is -0.643. The van der Waals surface area contributed by atoms with E-state index >= 15 is 0 Å². The second-order valence-electron chi connectivity index (χ2n) is 4.60. The molecule has 0 amide bonds. The molecule has 3 nitrogen and oxygen atoms in total. The number of carboxylic acid groups (broad SMARTS) is 1. The van der Waals surface area contributed by atoms with Crippen LogP contribution in [-0.2, 0) is 11.2 Å². The zero-order valence-electron chi connectivity index (χ0n) is 9.54. The average Bonchev–Trinajstić information content (AvgIpc) is 2.61. The van der Waals surface area contributed by atoms with Crippen LogP contribution in [-0.4, -0.2) is 24.2 Å². The fourth-order valence-corrected chi connectivity index (χ4v) is 3.55. The van der Waals surface area contributed by atoms with Gasteiger partial charge in [-0.05, 0) is 47.8 Å². The monoisotopic (exact) mass is 317 g/mol. The van der Waals surface area contributed by atoms with Crippen molar-refractivity contribution in [1.82, 2.24) is 5.32 Å². The number of nitrogens with one attached hydrogen (secondary N) is 1. The van der Waals surface area contributed by atoms with Crippen LogP contribution in [0.25, 0.3) is 0 Å². The summed E-state index contributed by atoms with van der Waals surface area (Å²) in [7, 11) is 0. The van der Waals surface area contributed by atoms with Gasteiger partial charge >= 0.3 is 5.97 Å². The number of carboxylic acids is 1. The van der Waals surface area contributed by atoms with Crippen LogP contribution in [0.3, 0.4) is 0 Å². The predicted octanol–water partition coefficient (Wildman–Crippen LogP) is 2.90. The molecule has 1 aromatic heterocycles. The second kappa shape index (κ2) is 5.50. The lowest BCUT2D eigenvalue weighted by Crippen LogP contribution is -2.46. The number of thiophene rings is 1. The minimum absolute atomic E-state index is 0.476. The van der Waals surface area contributed by atoms with Crippen LogP contribution in [0.1, 0.15) is 24.1 Å². The molecular weight excluding hydrogens is 302 g/mol. The Morgan fingerprint density at radius 3 is 2.82 bits per heavy atom. The molecule has 0 aliphatic heterocycles. The van der Waals surface area contributed by atoms with E-state index < -0.39 is 11.4 Å². The summed E-state index contributed by atoms with van der Waals surface area (Å²) in [5.74, 6) is -0.643. The smallest absolute Gasteiger partial charge is 0.310 e. The molecule has 1 fully saturated rings. The third-order valence-electron chi connectivity index (χ3n) is 3.40. The fraction of sp³-hybridized carbons (Fsp3) is 0.583. The van der Waals surface area contributed by atoms with Gasteiger partial charge in [0.25, 0.3) is 0 Å². The van der Waals surface area contributed by atoms with E-state index in [9.17, 15) is 4.79 Å². The van der Waals surface area contributed by atoms with Crippen LogP contribution < -0.4 is 5.32 Å². The maximum atomic E-state index is 11.1. The van der Waals surface area contributed by atoms with E-state index in [1.165, 1.54) is 4.88 Å². The van der Waals surface area contributed by atoms with Crippen LogP contribution in [0.15, 0.2) is 15.9 Å². The van der Waals surface area contributed by atoms with Crippen LogP contribution in [0.2, 0.25) is 0 Å². The van der Waals surface area contributed by atoms with Gasteiger partial charge in [-0.25, -0.2) is 0 Å². The van der Waals surface area contributed by atoms with E-state index in [-0.39, 0.29) is 0 Å². The summed E-state index contributed by atoms with van der Waals surface area (Å²) in [6.07, 6.45) is 3.65. The summed E-state index contributed by atoms with van der Waals surface area (Å²) < 4.78 is 1.12. The fourth-order valence-electron chi connectivity index (χ4n) is 2.09. The second-order valence-corrected chi connectivity index (χ2v) is 6.51. The van der Waals surface area contributed by atoms with Gasteiger partial charge in [-0.2, -0.15) is 0 Å². The van der Waals surface area contributed by atoms with E-state index in [0.717, 1.165) is 36.7 Å².